The van der Waals surface area contributed by atoms with Gasteiger partial charge < -0.3 is 24.3 Å². The first-order chi connectivity index (χ1) is 24.9. The van der Waals surface area contributed by atoms with Crippen LogP contribution in [0.3, 0.4) is 0 Å². The molecule has 4 rings (SSSR count). The van der Waals surface area contributed by atoms with Crippen LogP contribution >= 0.6 is 0 Å². The van der Waals surface area contributed by atoms with E-state index in [1.807, 2.05) is 0 Å². The number of rotatable bonds is 15. The van der Waals surface area contributed by atoms with Crippen molar-refractivity contribution >= 4 is 54.8 Å². The number of amides is 2. The van der Waals surface area contributed by atoms with Crippen molar-refractivity contribution in [1.29, 1.82) is 0 Å². The Morgan fingerprint density at radius 2 is 1.66 bits per heavy atom. The molecule has 0 radical (unpaired) electrons. The van der Waals surface area contributed by atoms with Crippen LogP contribution in [0.1, 0.15) is 65.6 Å². The molecule has 0 aliphatic carbocycles. The van der Waals surface area contributed by atoms with E-state index in [0.29, 0.717) is 11.1 Å². The first kappa shape index (κ1) is 40.4. The molecule has 2 amide bonds. The number of carbonyl (C=O) groups is 3. The van der Waals surface area contributed by atoms with E-state index in [1.54, 1.807) is 51.1 Å². The van der Waals surface area contributed by atoms with Crippen molar-refractivity contribution in [2.45, 2.75) is 51.5 Å². The Kier molecular flexibility index (Phi) is 12.9. The van der Waals surface area contributed by atoms with Crippen LogP contribution in [0.25, 0.3) is 10.9 Å². The van der Waals surface area contributed by atoms with Gasteiger partial charge in [-0.3, -0.25) is 14.1 Å². The highest BCUT2D eigenvalue weighted by atomic mass is 32.2. The van der Waals surface area contributed by atoms with Crippen molar-refractivity contribution in [3.05, 3.63) is 95.1 Å². The number of hydrogen-bond acceptors (Lipinski definition) is 12. The number of methoxy groups -OCH3 is 1. The predicted octanol–water partition coefficient (Wildman–Crippen LogP) is 4.47. The molecule has 4 aromatic rings. The molecule has 0 fully saturated rings. The van der Waals surface area contributed by atoms with Crippen LogP contribution in [0.15, 0.2) is 66.9 Å². The minimum atomic E-state index is -4.35. The van der Waals surface area contributed by atoms with Crippen molar-refractivity contribution in [2.24, 2.45) is 0 Å². The molecule has 0 spiro atoms. The van der Waals surface area contributed by atoms with Crippen LogP contribution < -0.4 is 19.1 Å². The Hall–Kier alpha value is -5.36. The minimum Gasteiger partial charge on any atom is -0.464 e. The normalized spacial score (nSPS) is 11.8. The number of sulfonamides is 1. The van der Waals surface area contributed by atoms with Gasteiger partial charge in [0.05, 0.1) is 12.9 Å². The number of anilines is 1. The van der Waals surface area contributed by atoms with Gasteiger partial charge in [0.1, 0.15) is 22.7 Å². The highest BCUT2D eigenvalue weighted by molar-refractivity contribution is 7.92. The first-order valence-electron chi connectivity index (χ1n) is 16.2. The average molecular weight is 774 g/mol. The number of fused-ring (bicyclic) bond motifs is 1. The second-order valence-corrected chi connectivity index (χ2v) is 16.4. The summed E-state index contributed by atoms with van der Waals surface area (Å²) in [7, 11) is -6.21. The molecule has 0 aliphatic rings. The highest BCUT2D eigenvalue weighted by Crippen LogP contribution is 2.35. The number of nitrogens with one attached hydrogen (secondary N) is 2. The van der Waals surface area contributed by atoms with Gasteiger partial charge >= 0.3 is 22.2 Å². The smallest absolute Gasteiger partial charge is 0.407 e. The number of halogens is 1. The van der Waals surface area contributed by atoms with E-state index in [9.17, 15) is 35.6 Å². The summed E-state index contributed by atoms with van der Waals surface area (Å²) in [6.45, 7) is 5.02. The van der Waals surface area contributed by atoms with Crippen LogP contribution in [0.5, 0.6) is 5.75 Å². The predicted molar refractivity (Wildman–Crippen MR) is 194 cm³/mol. The van der Waals surface area contributed by atoms with Gasteiger partial charge in [-0.05, 0) is 69.0 Å². The van der Waals surface area contributed by atoms with Crippen molar-refractivity contribution in [2.75, 3.05) is 30.8 Å². The summed E-state index contributed by atoms with van der Waals surface area (Å²) in [5, 5.41) is 5.25. The quantitative estimate of drug-likeness (QED) is 0.0978. The molecule has 0 saturated heterocycles. The Balaban J connectivity index is 1.46. The number of unbranched alkanes of at least 4 members (excludes halogenated alkanes) is 1. The molecule has 2 N–H and O–H groups in total. The third-order valence-corrected chi connectivity index (χ3v) is 10.4. The van der Waals surface area contributed by atoms with Crippen molar-refractivity contribution in [3.63, 3.8) is 0 Å². The Bertz CT molecular complexity index is 2200. The lowest BCUT2D eigenvalue weighted by Crippen LogP contribution is -2.33. The van der Waals surface area contributed by atoms with Gasteiger partial charge in [-0.15, -0.1) is 0 Å². The molecule has 0 atom stereocenters. The maximum Gasteiger partial charge on any atom is 0.407 e. The van der Waals surface area contributed by atoms with Crippen molar-refractivity contribution < 1.29 is 49.3 Å². The third kappa shape index (κ3) is 11.1. The van der Waals surface area contributed by atoms with Gasteiger partial charge in [-0.1, -0.05) is 36.4 Å². The van der Waals surface area contributed by atoms with Gasteiger partial charge in [-0.25, -0.2) is 27.4 Å². The zero-order valence-electron chi connectivity index (χ0n) is 29.7. The summed E-state index contributed by atoms with van der Waals surface area (Å²) in [5.41, 5.74) is -0.737. The lowest BCUT2D eigenvalue weighted by atomic mass is 10.1. The number of esters is 1. The topological polar surface area (TPSA) is 200 Å². The molecule has 2 heterocycles. The van der Waals surface area contributed by atoms with Gasteiger partial charge in [0.2, 0.25) is 15.8 Å². The second-order valence-electron chi connectivity index (χ2n) is 12.7. The molecule has 18 heteroatoms. The zero-order chi connectivity index (χ0) is 39.0. The number of carbonyl (C=O) groups excluding carboxylic acids is 3. The molecule has 284 valence electrons. The standard InChI is InChI=1S/C35H40FN5O10S2/c1-35(2,3)50-34(44)39-21-24-15-16-25(36)20-27(24)32(42)38-17-9-10-19-52(45,46)41(4)31-26-14-11-18-37-28(26)30(29(40-31)33(43)49-5)51-53(47,48)22-23-12-7-6-8-13-23/h6-8,11-16,18,20H,9-10,17,19,21-22H2,1-5H3,(H,38,42)(H,39,44). The van der Waals surface area contributed by atoms with Gasteiger partial charge in [0.25, 0.3) is 5.91 Å². The van der Waals surface area contributed by atoms with Gasteiger partial charge in [0.15, 0.2) is 11.5 Å². The second kappa shape index (κ2) is 17.0. The largest absolute Gasteiger partial charge is 0.464 e. The monoisotopic (exact) mass is 773 g/mol. The summed E-state index contributed by atoms with van der Waals surface area (Å²) in [4.78, 5) is 46.3. The first-order valence-corrected chi connectivity index (χ1v) is 19.4. The molecule has 0 aliphatic heterocycles. The van der Waals surface area contributed by atoms with Gasteiger partial charge in [0, 0.05) is 37.3 Å². The molecule has 15 nitrogen and oxygen atoms in total. The molecule has 0 bridgehead atoms. The Morgan fingerprint density at radius 3 is 2.34 bits per heavy atom. The number of alkyl carbamates (subject to hydrolysis) is 1. The number of hydrogen-bond donors (Lipinski definition) is 2. The lowest BCUT2D eigenvalue weighted by Gasteiger charge is -2.22. The summed E-state index contributed by atoms with van der Waals surface area (Å²) in [6, 6.07) is 14.7. The number of pyridine rings is 2. The molecule has 0 unspecified atom stereocenters. The maximum absolute atomic E-state index is 14.0. The van der Waals surface area contributed by atoms with Crippen molar-refractivity contribution in [3.8, 4) is 5.75 Å². The summed E-state index contributed by atoms with van der Waals surface area (Å²) in [5.74, 6) is -4.07. The van der Waals surface area contributed by atoms with Gasteiger partial charge in [-0.2, -0.15) is 8.42 Å². The fourth-order valence-corrected chi connectivity index (χ4v) is 7.27. The summed E-state index contributed by atoms with van der Waals surface area (Å²) in [6.07, 6.45) is 0.880. The van der Waals surface area contributed by atoms with E-state index in [-0.39, 0.29) is 48.2 Å². The van der Waals surface area contributed by atoms with Crippen LogP contribution in [-0.2, 0) is 41.9 Å². The van der Waals surface area contributed by atoms with E-state index in [0.717, 1.165) is 23.5 Å². The van der Waals surface area contributed by atoms with E-state index in [2.05, 4.69) is 20.6 Å². The third-order valence-electron chi connectivity index (χ3n) is 7.44. The fraction of sp³-hybridized carbons (Fsp3) is 0.343. The van der Waals surface area contributed by atoms with E-state index in [1.165, 1.54) is 31.4 Å². The molecular weight excluding hydrogens is 734 g/mol. The van der Waals surface area contributed by atoms with E-state index < -0.39 is 72.5 Å². The van der Waals surface area contributed by atoms with Crippen molar-refractivity contribution in [1.82, 2.24) is 20.6 Å². The summed E-state index contributed by atoms with van der Waals surface area (Å²) >= 11 is 0. The molecule has 0 saturated carbocycles. The number of aromatic nitrogens is 2. The zero-order valence-corrected chi connectivity index (χ0v) is 31.3. The minimum absolute atomic E-state index is 0.0123. The van der Waals surface area contributed by atoms with E-state index in [4.69, 9.17) is 13.7 Å². The molecular formula is C35H40FN5O10S2. The molecule has 2 aromatic carbocycles. The lowest BCUT2D eigenvalue weighted by molar-refractivity contribution is 0.0521. The maximum atomic E-state index is 14.0. The Morgan fingerprint density at radius 1 is 0.943 bits per heavy atom. The van der Waals surface area contributed by atoms with Crippen LogP contribution in [-0.4, -0.2) is 76.8 Å². The summed E-state index contributed by atoms with van der Waals surface area (Å²) < 4.78 is 83.5. The molecule has 53 heavy (non-hydrogen) atoms. The number of nitrogens with zero attached hydrogens (tertiary/aromatic N) is 3. The van der Waals surface area contributed by atoms with Crippen LogP contribution in [0.2, 0.25) is 0 Å². The van der Waals surface area contributed by atoms with Crippen LogP contribution in [0.4, 0.5) is 15.0 Å². The molecule has 2 aromatic heterocycles. The fourth-order valence-electron chi connectivity index (χ4n) is 4.96. The highest BCUT2D eigenvalue weighted by Gasteiger charge is 2.30. The van der Waals surface area contributed by atoms with Crippen LogP contribution in [0, 0.1) is 5.82 Å². The average Bonchev–Trinajstić information content (AvgIpc) is 3.09. The number of ether oxygens (including phenoxy) is 2. The Labute approximate surface area is 307 Å². The van der Waals surface area contributed by atoms with E-state index >= 15 is 0 Å². The number of benzene rings is 2. The SMILES string of the molecule is COC(=O)c1nc(N(C)S(=O)(=O)CCCCNC(=O)c2cc(F)ccc2CNC(=O)OC(C)(C)C)c2cccnc2c1OS(=O)(=O)Cc1ccccc1.